The fourth-order valence-corrected chi connectivity index (χ4v) is 3.01. The first-order chi connectivity index (χ1) is 13.2. The lowest BCUT2D eigenvalue weighted by Crippen LogP contribution is -2.40. The van der Waals surface area contributed by atoms with E-state index in [1.54, 1.807) is 18.2 Å². The third kappa shape index (κ3) is 5.15. The molecular formula is C21H21NO4S. The fourth-order valence-electron chi connectivity index (χ4n) is 2.70. The van der Waals surface area contributed by atoms with Crippen molar-refractivity contribution in [3.05, 3.63) is 65.7 Å². The number of thiocarbonyl (C=S) groups is 1. The standard InChI is InChI=1S/C21H21NO4S/c1-24-19-15-17(21(27)22-11-13-25-14-12-22)8-9-18(19)26-20(23)10-7-16-5-3-2-4-6-16/h2-10,15H,11-14H2,1H3/b10-7+. The van der Waals surface area contributed by atoms with Gasteiger partial charge < -0.3 is 19.1 Å². The van der Waals surface area contributed by atoms with Gasteiger partial charge in [-0.1, -0.05) is 42.5 Å². The molecule has 3 rings (SSSR count). The zero-order valence-electron chi connectivity index (χ0n) is 15.1. The lowest BCUT2D eigenvalue weighted by Gasteiger charge is -2.29. The van der Waals surface area contributed by atoms with Gasteiger partial charge in [0.15, 0.2) is 11.5 Å². The highest BCUT2D eigenvalue weighted by atomic mass is 32.1. The van der Waals surface area contributed by atoms with Gasteiger partial charge in [0.05, 0.1) is 20.3 Å². The Bertz CT molecular complexity index is 829. The van der Waals surface area contributed by atoms with Gasteiger partial charge in [0.2, 0.25) is 0 Å². The van der Waals surface area contributed by atoms with Gasteiger partial charge in [-0.2, -0.15) is 0 Å². The zero-order valence-corrected chi connectivity index (χ0v) is 15.9. The molecule has 6 heteroatoms. The number of rotatable bonds is 5. The third-order valence-corrected chi connectivity index (χ3v) is 4.62. The average molecular weight is 383 g/mol. The van der Waals surface area contributed by atoms with E-state index in [1.165, 1.54) is 13.2 Å². The smallest absolute Gasteiger partial charge is 0.336 e. The van der Waals surface area contributed by atoms with E-state index < -0.39 is 5.97 Å². The van der Waals surface area contributed by atoms with Gasteiger partial charge in [-0.25, -0.2) is 4.79 Å². The summed E-state index contributed by atoms with van der Waals surface area (Å²) in [5.74, 6) is 0.346. The number of carbonyl (C=O) groups excluding carboxylic acids is 1. The Morgan fingerprint density at radius 1 is 1.11 bits per heavy atom. The molecule has 5 nitrogen and oxygen atoms in total. The van der Waals surface area contributed by atoms with E-state index in [-0.39, 0.29) is 0 Å². The molecule has 1 heterocycles. The molecule has 27 heavy (non-hydrogen) atoms. The molecule has 0 aliphatic carbocycles. The summed E-state index contributed by atoms with van der Waals surface area (Å²) in [6.45, 7) is 2.87. The van der Waals surface area contributed by atoms with Crippen molar-refractivity contribution in [2.75, 3.05) is 33.4 Å². The van der Waals surface area contributed by atoms with Gasteiger partial charge in [-0.15, -0.1) is 0 Å². The van der Waals surface area contributed by atoms with E-state index in [1.807, 2.05) is 36.4 Å². The van der Waals surface area contributed by atoms with E-state index in [0.717, 1.165) is 29.2 Å². The summed E-state index contributed by atoms with van der Waals surface area (Å²) in [5.41, 5.74) is 1.77. The number of ether oxygens (including phenoxy) is 3. The summed E-state index contributed by atoms with van der Waals surface area (Å²) >= 11 is 5.57. The molecule has 1 saturated heterocycles. The molecule has 1 fully saturated rings. The second kappa shape index (κ2) is 9.30. The average Bonchev–Trinajstić information content (AvgIpc) is 2.73. The lowest BCUT2D eigenvalue weighted by atomic mass is 10.1. The molecule has 0 atom stereocenters. The maximum Gasteiger partial charge on any atom is 0.336 e. The van der Waals surface area contributed by atoms with Gasteiger partial charge in [-0.3, -0.25) is 0 Å². The van der Waals surface area contributed by atoms with Crippen LogP contribution in [0.5, 0.6) is 11.5 Å². The Morgan fingerprint density at radius 3 is 2.56 bits per heavy atom. The molecule has 0 unspecified atom stereocenters. The van der Waals surface area contributed by atoms with Gasteiger partial charge in [0, 0.05) is 24.7 Å². The summed E-state index contributed by atoms with van der Waals surface area (Å²) in [5, 5.41) is 0. The van der Waals surface area contributed by atoms with E-state index >= 15 is 0 Å². The van der Waals surface area contributed by atoms with Crippen LogP contribution in [0.3, 0.4) is 0 Å². The maximum absolute atomic E-state index is 12.1. The van der Waals surface area contributed by atoms with Gasteiger partial charge >= 0.3 is 5.97 Å². The van der Waals surface area contributed by atoms with Crippen LogP contribution in [0.2, 0.25) is 0 Å². The van der Waals surface area contributed by atoms with Crippen molar-refractivity contribution in [3.63, 3.8) is 0 Å². The van der Waals surface area contributed by atoms with Gasteiger partial charge in [-0.05, 0) is 29.8 Å². The van der Waals surface area contributed by atoms with E-state index in [0.29, 0.717) is 24.7 Å². The van der Waals surface area contributed by atoms with Crippen molar-refractivity contribution in [3.8, 4) is 11.5 Å². The third-order valence-electron chi connectivity index (χ3n) is 4.13. The largest absolute Gasteiger partial charge is 0.493 e. The summed E-state index contributed by atoms with van der Waals surface area (Å²) in [6, 6.07) is 14.9. The molecule has 0 radical (unpaired) electrons. The minimum absolute atomic E-state index is 0.355. The van der Waals surface area contributed by atoms with E-state index in [4.69, 9.17) is 26.4 Å². The second-order valence-corrected chi connectivity index (χ2v) is 6.32. The fraction of sp³-hybridized carbons (Fsp3) is 0.238. The molecule has 2 aromatic rings. The Morgan fingerprint density at radius 2 is 1.85 bits per heavy atom. The molecule has 0 amide bonds. The molecule has 140 valence electrons. The van der Waals surface area contributed by atoms with Crippen molar-refractivity contribution in [2.24, 2.45) is 0 Å². The Hall–Kier alpha value is -2.70. The quantitative estimate of drug-likeness (QED) is 0.342. The first kappa shape index (κ1) is 19.1. The highest BCUT2D eigenvalue weighted by Crippen LogP contribution is 2.29. The minimum atomic E-state index is -0.472. The molecule has 1 aliphatic heterocycles. The Balaban J connectivity index is 1.69. The molecule has 0 spiro atoms. The first-order valence-electron chi connectivity index (χ1n) is 8.67. The second-order valence-electron chi connectivity index (χ2n) is 5.94. The number of esters is 1. The predicted molar refractivity (Wildman–Crippen MR) is 108 cm³/mol. The number of hydrogen-bond donors (Lipinski definition) is 0. The van der Waals surface area contributed by atoms with Crippen LogP contribution in [0.1, 0.15) is 11.1 Å². The summed E-state index contributed by atoms with van der Waals surface area (Å²) in [7, 11) is 1.54. The van der Waals surface area contributed by atoms with Crippen LogP contribution < -0.4 is 9.47 Å². The van der Waals surface area contributed by atoms with Crippen molar-refractivity contribution in [2.45, 2.75) is 0 Å². The Kier molecular flexibility index (Phi) is 6.57. The van der Waals surface area contributed by atoms with E-state index in [2.05, 4.69) is 4.90 Å². The van der Waals surface area contributed by atoms with Crippen LogP contribution in [0, 0.1) is 0 Å². The topological polar surface area (TPSA) is 48.0 Å². The molecule has 1 aliphatic rings. The van der Waals surface area contributed by atoms with Crippen LogP contribution in [0.15, 0.2) is 54.6 Å². The number of morpholine rings is 1. The monoisotopic (exact) mass is 383 g/mol. The SMILES string of the molecule is COc1cc(C(=S)N2CCOCC2)ccc1OC(=O)/C=C/c1ccccc1. The minimum Gasteiger partial charge on any atom is -0.493 e. The highest BCUT2D eigenvalue weighted by Gasteiger charge is 2.17. The summed E-state index contributed by atoms with van der Waals surface area (Å²) in [6.07, 6.45) is 3.10. The summed E-state index contributed by atoms with van der Waals surface area (Å²) < 4.78 is 16.2. The van der Waals surface area contributed by atoms with Crippen LogP contribution in [-0.4, -0.2) is 49.3 Å². The normalized spacial score (nSPS) is 14.2. The number of benzene rings is 2. The van der Waals surface area contributed by atoms with Crippen molar-refractivity contribution in [1.82, 2.24) is 4.90 Å². The van der Waals surface area contributed by atoms with E-state index in [9.17, 15) is 4.79 Å². The molecule has 0 N–H and O–H groups in total. The van der Waals surface area contributed by atoms with Gasteiger partial charge in [0.25, 0.3) is 0 Å². The van der Waals surface area contributed by atoms with Crippen LogP contribution >= 0.6 is 12.2 Å². The van der Waals surface area contributed by atoms with Gasteiger partial charge in [0.1, 0.15) is 4.99 Å². The summed E-state index contributed by atoms with van der Waals surface area (Å²) in [4.78, 5) is 14.9. The zero-order chi connectivity index (χ0) is 19.1. The van der Waals surface area contributed by atoms with Crippen molar-refractivity contribution in [1.29, 1.82) is 0 Å². The maximum atomic E-state index is 12.1. The number of nitrogens with zero attached hydrogens (tertiary/aromatic N) is 1. The molecule has 2 aromatic carbocycles. The van der Waals surface area contributed by atoms with Crippen LogP contribution in [0.4, 0.5) is 0 Å². The molecule has 0 saturated carbocycles. The number of carbonyl (C=O) groups is 1. The first-order valence-corrected chi connectivity index (χ1v) is 9.08. The van der Waals surface area contributed by atoms with Crippen LogP contribution in [0.25, 0.3) is 6.08 Å². The number of methoxy groups -OCH3 is 1. The predicted octanol–water partition coefficient (Wildman–Crippen LogP) is 3.32. The molecule has 0 bridgehead atoms. The number of hydrogen-bond acceptors (Lipinski definition) is 5. The Labute approximate surface area is 164 Å². The highest BCUT2D eigenvalue weighted by molar-refractivity contribution is 7.80. The van der Waals surface area contributed by atoms with Crippen molar-refractivity contribution < 1.29 is 19.0 Å². The lowest BCUT2D eigenvalue weighted by molar-refractivity contribution is -0.129. The molecule has 0 aromatic heterocycles. The van der Waals surface area contributed by atoms with Crippen molar-refractivity contribution >= 4 is 29.3 Å². The molecular weight excluding hydrogens is 362 g/mol. The van der Waals surface area contributed by atoms with Crippen LogP contribution in [-0.2, 0) is 9.53 Å².